The van der Waals surface area contributed by atoms with E-state index in [9.17, 15) is 19.5 Å². The van der Waals surface area contributed by atoms with Crippen molar-refractivity contribution in [2.45, 2.75) is 73.7 Å². The third-order valence-electron chi connectivity index (χ3n) is 4.22. The van der Waals surface area contributed by atoms with Crippen LogP contribution in [0.3, 0.4) is 0 Å². The van der Waals surface area contributed by atoms with E-state index in [1.807, 2.05) is 41.5 Å². The minimum absolute atomic E-state index is 0.0978. The van der Waals surface area contributed by atoms with E-state index in [1.54, 1.807) is 6.92 Å². The fraction of sp³-hybridized carbons (Fsp3) is 0.682. The lowest BCUT2D eigenvalue weighted by molar-refractivity contribution is -0.384. The molecule has 0 fully saturated rings. The average Bonchev–Trinajstić information content (AvgIpc) is 2.68. The highest BCUT2D eigenvalue weighted by Crippen LogP contribution is 2.41. The Hall–Kier alpha value is -2.04. The van der Waals surface area contributed by atoms with E-state index in [1.165, 1.54) is 31.2 Å². The Kier molecular flexibility index (Phi) is 10.7. The molecular weight excluding hydrogens is 463 g/mol. The second-order valence-corrected chi connectivity index (χ2v) is 12.5. The summed E-state index contributed by atoms with van der Waals surface area (Å²) in [4.78, 5) is 22.8. The van der Waals surface area contributed by atoms with Gasteiger partial charge in [-0.15, -0.1) is 0 Å². The summed E-state index contributed by atoms with van der Waals surface area (Å²) < 4.78 is 30.4. The zero-order chi connectivity index (χ0) is 26.3. The molecule has 0 aliphatic heterocycles. The van der Waals surface area contributed by atoms with Crippen LogP contribution in [0.15, 0.2) is 24.3 Å². The van der Waals surface area contributed by atoms with Gasteiger partial charge in [0.15, 0.2) is 0 Å². The summed E-state index contributed by atoms with van der Waals surface area (Å²) in [6, 6.07) is 3.45. The van der Waals surface area contributed by atoms with E-state index in [4.69, 9.17) is 19.7 Å². The molecule has 0 aliphatic rings. The third-order valence-corrected chi connectivity index (χ3v) is 6.16. The molecule has 12 heteroatoms. The zero-order valence-corrected chi connectivity index (χ0v) is 22.2. The van der Waals surface area contributed by atoms with E-state index in [0.717, 1.165) is 0 Å². The standard InChI is InChI=1S/C22H39N4O7P/c1-15(19(23)31-13-21(3,4)5)24-34(30,25-16(2)20(27)32-14-22(6,7)8)33-18-11-9-17(10-12-18)26(28)29/h9-12,15-16,19H,13-14,23H2,1-8H3,(H2,24,25,30)/t15?,16-,19-,34?/m0/s1. The molecule has 11 nitrogen and oxygen atoms in total. The summed E-state index contributed by atoms with van der Waals surface area (Å²) in [7, 11) is -3.96. The Morgan fingerprint density at radius 3 is 2.06 bits per heavy atom. The van der Waals surface area contributed by atoms with Gasteiger partial charge < -0.3 is 19.7 Å². The normalized spacial score (nSPS) is 16.7. The van der Waals surface area contributed by atoms with Crippen LogP contribution in [-0.4, -0.2) is 42.4 Å². The van der Waals surface area contributed by atoms with E-state index >= 15 is 0 Å². The summed E-state index contributed by atoms with van der Waals surface area (Å²) in [5.41, 5.74) is 5.60. The second kappa shape index (κ2) is 12.1. The molecule has 1 aromatic carbocycles. The molecule has 0 aromatic heterocycles. The molecule has 34 heavy (non-hydrogen) atoms. The Morgan fingerprint density at radius 2 is 1.59 bits per heavy atom. The molecule has 0 aliphatic carbocycles. The molecule has 4 atom stereocenters. The van der Waals surface area contributed by atoms with Gasteiger partial charge in [0.05, 0.1) is 24.2 Å². The van der Waals surface area contributed by atoms with Crippen molar-refractivity contribution in [3.63, 3.8) is 0 Å². The van der Waals surface area contributed by atoms with Gasteiger partial charge >= 0.3 is 13.6 Å². The number of carbonyl (C=O) groups excluding carboxylic acids is 1. The molecule has 0 saturated carbocycles. The van der Waals surface area contributed by atoms with Crippen molar-refractivity contribution in [3.05, 3.63) is 34.4 Å². The van der Waals surface area contributed by atoms with Gasteiger partial charge in [-0.2, -0.15) is 0 Å². The number of ether oxygens (including phenoxy) is 2. The predicted octanol–water partition coefficient (Wildman–Crippen LogP) is 3.97. The van der Waals surface area contributed by atoms with Crippen molar-refractivity contribution in [2.24, 2.45) is 16.6 Å². The number of benzene rings is 1. The molecule has 0 bridgehead atoms. The van der Waals surface area contributed by atoms with Crippen molar-refractivity contribution in [2.75, 3.05) is 13.2 Å². The van der Waals surface area contributed by atoms with Crippen LogP contribution in [0.4, 0.5) is 5.69 Å². The van der Waals surface area contributed by atoms with Crippen LogP contribution in [-0.2, 0) is 18.8 Å². The van der Waals surface area contributed by atoms with Crippen LogP contribution in [0, 0.1) is 20.9 Å². The molecule has 194 valence electrons. The van der Waals surface area contributed by atoms with Gasteiger partial charge in [-0.25, -0.2) is 14.7 Å². The van der Waals surface area contributed by atoms with Gasteiger partial charge in [-0.1, -0.05) is 41.5 Å². The number of esters is 1. The monoisotopic (exact) mass is 502 g/mol. The highest BCUT2D eigenvalue weighted by molar-refractivity contribution is 7.55. The number of nitrogens with two attached hydrogens (primary N) is 1. The maximum atomic E-state index is 13.7. The first-order valence-electron chi connectivity index (χ1n) is 11.0. The van der Waals surface area contributed by atoms with Gasteiger partial charge in [-0.3, -0.25) is 14.9 Å². The number of nitro groups is 1. The quantitative estimate of drug-likeness (QED) is 0.126. The molecule has 0 amide bonds. The average molecular weight is 503 g/mol. The van der Waals surface area contributed by atoms with Crippen LogP contribution in [0.2, 0.25) is 0 Å². The van der Waals surface area contributed by atoms with E-state index in [0.29, 0.717) is 6.61 Å². The Labute approximate surface area is 201 Å². The summed E-state index contributed by atoms with van der Waals surface area (Å²) in [6.45, 7) is 15.5. The molecule has 1 rings (SSSR count). The van der Waals surface area contributed by atoms with Gasteiger partial charge in [0.2, 0.25) is 0 Å². The fourth-order valence-corrected chi connectivity index (χ4v) is 4.32. The molecule has 2 unspecified atom stereocenters. The first kappa shape index (κ1) is 30.0. The lowest BCUT2D eigenvalue weighted by Crippen LogP contribution is -2.48. The van der Waals surface area contributed by atoms with Crippen LogP contribution in [0.5, 0.6) is 5.75 Å². The molecule has 4 N–H and O–H groups in total. The number of hydrogen-bond donors (Lipinski definition) is 3. The molecule has 0 radical (unpaired) electrons. The van der Waals surface area contributed by atoms with Gasteiger partial charge in [0, 0.05) is 12.1 Å². The van der Waals surface area contributed by atoms with Crippen LogP contribution >= 0.6 is 7.67 Å². The van der Waals surface area contributed by atoms with Gasteiger partial charge in [0.1, 0.15) is 18.0 Å². The highest BCUT2D eigenvalue weighted by atomic mass is 31.2. The van der Waals surface area contributed by atoms with Gasteiger partial charge in [-0.05, 0) is 36.8 Å². The van der Waals surface area contributed by atoms with Crippen molar-refractivity contribution < 1.29 is 28.3 Å². The first-order valence-corrected chi connectivity index (χ1v) is 12.7. The van der Waals surface area contributed by atoms with Crippen LogP contribution in [0.1, 0.15) is 55.4 Å². The number of nitrogens with zero attached hydrogens (tertiary/aromatic N) is 1. The summed E-state index contributed by atoms with van der Waals surface area (Å²) in [6.07, 6.45) is -0.821. The molecule has 1 aromatic rings. The van der Waals surface area contributed by atoms with Crippen LogP contribution < -0.4 is 20.4 Å². The Morgan fingerprint density at radius 1 is 1.06 bits per heavy atom. The smallest absolute Gasteiger partial charge is 0.391 e. The summed E-state index contributed by atoms with van der Waals surface area (Å²) in [5, 5.41) is 16.4. The van der Waals surface area contributed by atoms with E-state index < -0.39 is 36.9 Å². The topological polar surface area (TPSA) is 155 Å². The van der Waals surface area contributed by atoms with E-state index in [2.05, 4.69) is 10.2 Å². The number of rotatable bonds is 12. The molecular formula is C22H39N4O7P. The number of nitrogens with one attached hydrogen (secondary N) is 2. The maximum absolute atomic E-state index is 13.7. The van der Waals surface area contributed by atoms with Crippen LogP contribution in [0.25, 0.3) is 0 Å². The van der Waals surface area contributed by atoms with Crippen molar-refractivity contribution in [1.82, 2.24) is 10.2 Å². The largest absolute Gasteiger partial charge is 0.464 e. The predicted molar refractivity (Wildman–Crippen MR) is 130 cm³/mol. The lowest BCUT2D eigenvalue weighted by Gasteiger charge is -2.30. The van der Waals surface area contributed by atoms with Crippen molar-refractivity contribution >= 4 is 19.3 Å². The maximum Gasteiger partial charge on any atom is 0.391 e. The highest BCUT2D eigenvalue weighted by Gasteiger charge is 2.34. The fourth-order valence-electron chi connectivity index (χ4n) is 2.42. The Balaban J connectivity index is 3.03. The number of non-ortho nitro benzene ring substituents is 1. The second-order valence-electron chi connectivity index (χ2n) is 10.7. The van der Waals surface area contributed by atoms with Crippen molar-refractivity contribution in [3.8, 4) is 5.75 Å². The Bertz CT molecular complexity index is 865. The number of hydrogen-bond acceptors (Lipinski definition) is 8. The molecule has 0 spiro atoms. The minimum atomic E-state index is -3.96. The molecule has 0 heterocycles. The van der Waals surface area contributed by atoms with Crippen molar-refractivity contribution in [1.29, 1.82) is 0 Å². The SMILES string of the molecule is CC(NP(=O)(N[C@@H](C)C(=O)OCC(C)(C)C)Oc1ccc([N+](=O)[O-])cc1)[C@@H](N)OCC(C)(C)C. The lowest BCUT2D eigenvalue weighted by atomic mass is 9.99. The number of nitro benzene ring substituents is 1. The third kappa shape index (κ3) is 11.4. The molecule has 0 saturated heterocycles. The number of carbonyl (C=O) groups is 1. The zero-order valence-electron chi connectivity index (χ0n) is 21.3. The summed E-state index contributed by atoms with van der Waals surface area (Å²) in [5.74, 6) is -0.509. The minimum Gasteiger partial charge on any atom is -0.464 e. The summed E-state index contributed by atoms with van der Waals surface area (Å²) >= 11 is 0. The van der Waals surface area contributed by atoms with Gasteiger partial charge in [0.25, 0.3) is 5.69 Å². The van der Waals surface area contributed by atoms with E-state index in [-0.39, 0.29) is 28.9 Å². The first-order chi connectivity index (χ1) is 15.4.